The van der Waals surface area contributed by atoms with Gasteiger partial charge in [-0.1, -0.05) is 12.1 Å². The van der Waals surface area contributed by atoms with Crippen molar-refractivity contribution in [3.63, 3.8) is 0 Å². The van der Waals surface area contributed by atoms with Crippen LogP contribution < -0.4 is 10.1 Å². The van der Waals surface area contributed by atoms with Gasteiger partial charge in [-0.25, -0.2) is 0 Å². The Morgan fingerprint density at radius 3 is 2.47 bits per heavy atom. The molecule has 0 aliphatic rings. The quantitative estimate of drug-likeness (QED) is 0.767. The zero-order valence-corrected chi connectivity index (χ0v) is 13.0. The molecular weight excluding hydrogens is 238 g/mol. The van der Waals surface area contributed by atoms with Gasteiger partial charge < -0.3 is 14.8 Å². The molecule has 2 N–H and O–H groups in total. The minimum Gasteiger partial charge on any atom is -0.491 e. The number of rotatable bonds is 7. The molecule has 1 aromatic rings. The van der Waals surface area contributed by atoms with Crippen LogP contribution in [-0.4, -0.2) is 31.9 Å². The van der Waals surface area contributed by atoms with E-state index in [1.54, 1.807) is 0 Å². The lowest BCUT2D eigenvalue weighted by Gasteiger charge is -2.16. The summed E-state index contributed by atoms with van der Waals surface area (Å²) in [6, 6.07) is 6.26. The molecule has 0 unspecified atom stereocenters. The van der Waals surface area contributed by atoms with Crippen molar-refractivity contribution < 1.29 is 14.8 Å². The van der Waals surface area contributed by atoms with Crippen molar-refractivity contribution >= 4 is 0 Å². The zero-order chi connectivity index (χ0) is 14.3. The van der Waals surface area contributed by atoms with E-state index in [0.29, 0.717) is 13.2 Å². The largest absolute Gasteiger partial charge is 0.491 e. The summed E-state index contributed by atoms with van der Waals surface area (Å²) in [6.45, 7) is 13.8. The lowest BCUT2D eigenvalue weighted by Crippen LogP contribution is -2.95. The number of quaternary nitrogens is 1. The third kappa shape index (κ3) is 7.19. The van der Waals surface area contributed by atoms with Crippen LogP contribution in [-0.2, 0) is 4.74 Å². The number of aryl methyl sites for hydroxylation is 2. The van der Waals surface area contributed by atoms with Gasteiger partial charge in [0.25, 0.3) is 0 Å². The monoisotopic (exact) mass is 266 g/mol. The topological polar surface area (TPSA) is 35.1 Å². The number of nitrogens with two attached hydrogens (primary N) is 1. The molecule has 0 heterocycles. The van der Waals surface area contributed by atoms with Crippen LogP contribution >= 0.6 is 0 Å². The maximum atomic E-state index is 5.73. The molecule has 3 nitrogen and oxygen atoms in total. The fourth-order valence-electron chi connectivity index (χ4n) is 1.75. The molecule has 19 heavy (non-hydrogen) atoms. The highest BCUT2D eigenvalue weighted by atomic mass is 16.5. The summed E-state index contributed by atoms with van der Waals surface area (Å²) < 4.78 is 11.3. The number of benzene rings is 1. The van der Waals surface area contributed by atoms with Gasteiger partial charge in [0.2, 0.25) is 0 Å². The molecule has 0 bridgehead atoms. The highest BCUT2D eigenvalue weighted by molar-refractivity contribution is 5.35. The fraction of sp³-hybridized carbons (Fsp3) is 0.625. The standard InChI is InChI=1S/C16H27NO2/c1-13-6-7-14(2)15(12-13)19-11-10-18-9-8-17-16(3,4)5/h6-7,12,17H,8-11H2,1-5H3/p+1. The molecule has 0 atom stereocenters. The van der Waals surface area contributed by atoms with Crippen LogP contribution in [0.2, 0.25) is 0 Å². The molecule has 0 spiro atoms. The lowest BCUT2D eigenvalue weighted by atomic mass is 10.1. The Bertz CT molecular complexity index is 383. The van der Waals surface area contributed by atoms with Crippen LogP contribution in [0.25, 0.3) is 0 Å². The van der Waals surface area contributed by atoms with Crippen molar-refractivity contribution in [1.82, 2.24) is 0 Å². The molecule has 3 heteroatoms. The molecular formula is C16H28NO2+. The summed E-state index contributed by atoms with van der Waals surface area (Å²) in [6.07, 6.45) is 0. The van der Waals surface area contributed by atoms with E-state index in [-0.39, 0.29) is 5.54 Å². The van der Waals surface area contributed by atoms with E-state index in [4.69, 9.17) is 9.47 Å². The number of hydrogen-bond acceptors (Lipinski definition) is 2. The van der Waals surface area contributed by atoms with E-state index in [9.17, 15) is 0 Å². The van der Waals surface area contributed by atoms with Gasteiger partial charge in [0.05, 0.1) is 25.3 Å². The van der Waals surface area contributed by atoms with Crippen LogP contribution in [0.15, 0.2) is 18.2 Å². The summed E-state index contributed by atoms with van der Waals surface area (Å²) >= 11 is 0. The predicted octanol–water partition coefficient (Wildman–Crippen LogP) is 2.06. The highest BCUT2D eigenvalue weighted by Gasteiger charge is 2.11. The number of ether oxygens (including phenoxy) is 2. The molecule has 0 aliphatic carbocycles. The Morgan fingerprint density at radius 2 is 1.79 bits per heavy atom. The van der Waals surface area contributed by atoms with Gasteiger partial charge in [0.15, 0.2) is 0 Å². The van der Waals surface area contributed by atoms with Crippen molar-refractivity contribution in [2.45, 2.75) is 40.2 Å². The Kier molecular flexibility index (Phi) is 6.32. The third-order valence-corrected chi connectivity index (χ3v) is 2.85. The van der Waals surface area contributed by atoms with E-state index in [1.807, 2.05) is 0 Å². The lowest BCUT2D eigenvalue weighted by molar-refractivity contribution is -0.718. The van der Waals surface area contributed by atoms with Gasteiger partial charge in [-0.3, -0.25) is 0 Å². The van der Waals surface area contributed by atoms with Crippen LogP contribution in [0.3, 0.4) is 0 Å². The Hall–Kier alpha value is -1.06. The molecule has 0 amide bonds. The van der Waals surface area contributed by atoms with E-state index in [0.717, 1.165) is 18.9 Å². The SMILES string of the molecule is Cc1ccc(C)c(OCCOCC[NH2+]C(C)(C)C)c1. The third-order valence-electron chi connectivity index (χ3n) is 2.85. The summed E-state index contributed by atoms with van der Waals surface area (Å²) in [7, 11) is 0. The second-order valence-corrected chi connectivity index (χ2v) is 6.09. The fourth-order valence-corrected chi connectivity index (χ4v) is 1.75. The molecule has 0 fully saturated rings. The molecule has 0 saturated carbocycles. The number of hydrogen-bond donors (Lipinski definition) is 1. The van der Waals surface area contributed by atoms with Gasteiger partial charge in [-0.2, -0.15) is 0 Å². The molecule has 108 valence electrons. The van der Waals surface area contributed by atoms with E-state index in [2.05, 4.69) is 58.1 Å². The second kappa shape index (κ2) is 7.51. The molecule has 1 aromatic carbocycles. The molecule has 1 rings (SSSR count). The first-order chi connectivity index (χ1) is 8.88. The zero-order valence-electron chi connectivity index (χ0n) is 13.0. The Balaban J connectivity index is 2.12. The van der Waals surface area contributed by atoms with E-state index >= 15 is 0 Å². The van der Waals surface area contributed by atoms with Gasteiger partial charge in [0, 0.05) is 0 Å². The van der Waals surface area contributed by atoms with Crippen LogP contribution in [0, 0.1) is 13.8 Å². The van der Waals surface area contributed by atoms with Gasteiger partial charge in [-0.15, -0.1) is 0 Å². The Morgan fingerprint density at radius 1 is 1.05 bits per heavy atom. The van der Waals surface area contributed by atoms with Crippen molar-refractivity contribution in [2.75, 3.05) is 26.4 Å². The normalized spacial score (nSPS) is 11.6. The average Bonchev–Trinajstić information content (AvgIpc) is 2.31. The summed E-state index contributed by atoms with van der Waals surface area (Å²) in [4.78, 5) is 0. The molecule has 0 radical (unpaired) electrons. The maximum absolute atomic E-state index is 5.73. The van der Waals surface area contributed by atoms with Gasteiger partial charge in [0.1, 0.15) is 12.4 Å². The van der Waals surface area contributed by atoms with Crippen molar-refractivity contribution in [3.8, 4) is 5.75 Å². The van der Waals surface area contributed by atoms with Crippen LogP contribution in [0.4, 0.5) is 0 Å². The maximum Gasteiger partial charge on any atom is 0.122 e. The predicted molar refractivity (Wildman–Crippen MR) is 78.8 cm³/mol. The smallest absolute Gasteiger partial charge is 0.122 e. The van der Waals surface area contributed by atoms with Crippen LogP contribution in [0.1, 0.15) is 31.9 Å². The van der Waals surface area contributed by atoms with E-state index < -0.39 is 0 Å². The van der Waals surface area contributed by atoms with Crippen molar-refractivity contribution in [1.29, 1.82) is 0 Å². The van der Waals surface area contributed by atoms with Gasteiger partial charge in [-0.05, 0) is 51.8 Å². The minimum atomic E-state index is 0.276. The van der Waals surface area contributed by atoms with Crippen molar-refractivity contribution in [2.24, 2.45) is 0 Å². The Labute approximate surface area is 117 Å². The van der Waals surface area contributed by atoms with Crippen molar-refractivity contribution in [3.05, 3.63) is 29.3 Å². The summed E-state index contributed by atoms with van der Waals surface area (Å²) in [5.74, 6) is 0.963. The molecule has 0 aromatic heterocycles. The summed E-state index contributed by atoms with van der Waals surface area (Å²) in [5, 5.41) is 2.29. The minimum absolute atomic E-state index is 0.276. The van der Waals surface area contributed by atoms with Gasteiger partial charge >= 0.3 is 0 Å². The van der Waals surface area contributed by atoms with E-state index in [1.165, 1.54) is 11.1 Å². The molecule has 0 aliphatic heterocycles. The first-order valence-corrected chi connectivity index (χ1v) is 7.01. The highest BCUT2D eigenvalue weighted by Crippen LogP contribution is 2.18. The second-order valence-electron chi connectivity index (χ2n) is 6.09. The summed E-state index contributed by atoms with van der Waals surface area (Å²) in [5.41, 5.74) is 2.67. The average molecular weight is 266 g/mol. The first kappa shape index (κ1) is 16.0. The first-order valence-electron chi connectivity index (χ1n) is 7.01. The molecule has 0 saturated heterocycles. The van der Waals surface area contributed by atoms with Crippen LogP contribution in [0.5, 0.6) is 5.75 Å².